The number of aliphatic hydroxyl groups is 2. The third-order valence-electron chi connectivity index (χ3n) is 17.6. The highest BCUT2D eigenvalue weighted by Gasteiger charge is 2.20. The van der Waals surface area contributed by atoms with Gasteiger partial charge in [-0.25, -0.2) is 0 Å². The molecule has 0 saturated carbocycles. The van der Waals surface area contributed by atoms with E-state index in [0.29, 0.717) is 25.9 Å². The van der Waals surface area contributed by atoms with Crippen molar-refractivity contribution in [1.29, 1.82) is 0 Å². The van der Waals surface area contributed by atoms with Gasteiger partial charge in [0.2, 0.25) is 5.91 Å². The molecular weight excluding hydrogens is 1020 g/mol. The molecule has 0 bridgehead atoms. The fraction of sp³-hybridized carbons (Fsp3) is 0.896. The lowest BCUT2D eigenvalue weighted by molar-refractivity contribution is -0.143. The molecule has 2 unspecified atom stereocenters. The van der Waals surface area contributed by atoms with Gasteiger partial charge in [0.05, 0.1) is 25.4 Å². The summed E-state index contributed by atoms with van der Waals surface area (Å²) in [6.45, 7) is 4.92. The number of carbonyl (C=O) groups excluding carboxylic acids is 2. The molecule has 2 atom stereocenters. The first-order valence-electron chi connectivity index (χ1n) is 37.7. The van der Waals surface area contributed by atoms with Crippen LogP contribution in [-0.4, -0.2) is 47.4 Å². The molecule has 0 heterocycles. The first-order valence-corrected chi connectivity index (χ1v) is 37.7. The molecule has 0 aromatic heterocycles. The molecule has 6 nitrogen and oxygen atoms in total. The zero-order valence-corrected chi connectivity index (χ0v) is 56.2. The minimum absolute atomic E-state index is 0.00637. The predicted molar refractivity (Wildman–Crippen MR) is 366 cm³/mol. The van der Waals surface area contributed by atoms with E-state index in [1.807, 2.05) is 0 Å². The van der Waals surface area contributed by atoms with Crippen molar-refractivity contribution in [2.24, 2.45) is 0 Å². The molecular formula is C77H147NO5. The topological polar surface area (TPSA) is 95.9 Å². The van der Waals surface area contributed by atoms with Crippen LogP contribution in [0.3, 0.4) is 0 Å². The lowest BCUT2D eigenvalue weighted by Gasteiger charge is -2.22. The summed E-state index contributed by atoms with van der Waals surface area (Å²) in [5.41, 5.74) is 0. The van der Waals surface area contributed by atoms with Crippen molar-refractivity contribution in [3.8, 4) is 0 Å². The van der Waals surface area contributed by atoms with Gasteiger partial charge in [0, 0.05) is 12.8 Å². The smallest absolute Gasteiger partial charge is 0.305 e. The van der Waals surface area contributed by atoms with E-state index < -0.39 is 12.1 Å². The first-order chi connectivity index (χ1) is 41.0. The summed E-state index contributed by atoms with van der Waals surface area (Å²) in [6, 6.07) is -0.538. The number of unbranched alkanes of at least 4 members (excludes halogenated alkanes) is 54. The van der Waals surface area contributed by atoms with Crippen molar-refractivity contribution >= 4 is 11.9 Å². The van der Waals surface area contributed by atoms with Gasteiger partial charge < -0.3 is 20.3 Å². The second-order valence-electron chi connectivity index (χ2n) is 26.0. The summed E-state index contributed by atoms with van der Waals surface area (Å²) < 4.78 is 5.48. The molecule has 0 aliphatic carbocycles. The van der Waals surface area contributed by atoms with E-state index in [2.05, 4.69) is 55.6 Å². The Balaban J connectivity index is 3.33. The number of esters is 1. The summed E-state index contributed by atoms with van der Waals surface area (Å²) in [7, 11) is 0. The maximum absolute atomic E-state index is 12.5. The molecule has 0 aromatic rings. The van der Waals surface area contributed by atoms with E-state index in [1.165, 1.54) is 334 Å². The van der Waals surface area contributed by atoms with Gasteiger partial charge in [-0.05, 0) is 77.0 Å². The van der Waals surface area contributed by atoms with E-state index >= 15 is 0 Å². The molecule has 0 saturated heterocycles. The molecule has 0 aliphatic heterocycles. The number of rotatable bonds is 71. The fourth-order valence-corrected chi connectivity index (χ4v) is 11.9. The zero-order valence-electron chi connectivity index (χ0n) is 56.2. The Bertz CT molecular complexity index is 1340. The number of carbonyl (C=O) groups is 2. The van der Waals surface area contributed by atoms with Gasteiger partial charge in [-0.1, -0.05) is 365 Å². The zero-order chi connectivity index (χ0) is 59.9. The first kappa shape index (κ1) is 81.1. The molecule has 0 radical (unpaired) electrons. The minimum Gasteiger partial charge on any atom is -0.466 e. The van der Waals surface area contributed by atoms with Gasteiger partial charge in [0.1, 0.15) is 0 Å². The molecule has 3 N–H and O–H groups in total. The Morgan fingerprint density at radius 3 is 0.976 bits per heavy atom. The summed E-state index contributed by atoms with van der Waals surface area (Å²) in [5.74, 6) is -0.0212. The molecule has 0 rings (SSSR count). The second-order valence-corrected chi connectivity index (χ2v) is 26.0. The summed E-state index contributed by atoms with van der Waals surface area (Å²) in [5, 5.41) is 23.4. The third-order valence-corrected chi connectivity index (χ3v) is 17.6. The Morgan fingerprint density at radius 1 is 0.337 bits per heavy atom. The number of ether oxygens (including phenoxy) is 1. The number of hydrogen-bond acceptors (Lipinski definition) is 5. The van der Waals surface area contributed by atoms with Crippen LogP contribution in [0.1, 0.15) is 418 Å². The maximum Gasteiger partial charge on any atom is 0.305 e. The van der Waals surface area contributed by atoms with Crippen molar-refractivity contribution in [1.82, 2.24) is 5.32 Å². The van der Waals surface area contributed by atoms with Crippen LogP contribution in [0.4, 0.5) is 0 Å². The van der Waals surface area contributed by atoms with Crippen LogP contribution in [0.2, 0.25) is 0 Å². The molecule has 490 valence electrons. The van der Waals surface area contributed by atoms with Crippen molar-refractivity contribution in [2.45, 2.75) is 431 Å². The van der Waals surface area contributed by atoms with Gasteiger partial charge in [-0.2, -0.15) is 0 Å². The summed E-state index contributed by atoms with van der Waals surface area (Å²) >= 11 is 0. The van der Waals surface area contributed by atoms with E-state index in [-0.39, 0.29) is 18.5 Å². The van der Waals surface area contributed by atoms with Gasteiger partial charge in [-0.15, -0.1) is 0 Å². The molecule has 0 spiro atoms. The molecule has 0 aromatic carbocycles. The van der Waals surface area contributed by atoms with Crippen molar-refractivity contribution in [3.63, 3.8) is 0 Å². The number of aliphatic hydroxyl groups excluding tert-OH is 2. The van der Waals surface area contributed by atoms with Gasteiger partial charge in [0.25, 0.3) is 0 Å². The molecule has 0 aliphatic rings. The van der Waals surface area contributed by atoms with Crippen LogP contribution in [0.25, 0.3) is 0 Å². The van der Waals surface area contributed by atoms with Gasteiger partial charge in [-0.3, -0.25) is 9.59 Å². The highest BCUT2D eigenvalue weighted by Crippen LogP contribution is 2.19. The van der Waals surface area contributed by atoms with Crippen LogP contribution in [-0.2, 0) is 14.3 Å². The Kier molecular flexibility index (Phi) is 70.9. The number of nitrogens with one attached hydrogen (secondary N) is 1. The molecule has 6 heteroatoms. The SMILES string of the molecule is CCC/C=C\C/C=C\CCCCCCCC(=O)OCCCCCCCCCCCCCCCCCC/C=C\CCCCCCCCCCCCCCCCCCCC(=O)NC(CO)C(O)CCCCCCCCCCCCCCCCCC. The average molecular weight is 1170 g/mol. The second kappa shape index (κ2) is 72.6. The van der Waals surface area contributed by atoms with E-state index in [1.54, 1.807) is 0 Å². The van der Waals surface area contributed by atoms with Crippen LogP contribution in [0.15, 0.2) is 36.5 Å². The van der Waals surface area contributed by atoms with Crippen molar-refractivity contribution < 1.29 is 24.5 Å². The molecule has 83 heavy (non-hydrogen) atoms. The summed E-state index contributed by atoms with van der Waals surface area (Å²) in [6.07, 6.45) is 93.7. The lowest BCUT2D eigenvalue weighted by atomic mass is 10.0. The van der Waals surface area contributed by atoms with Gasteiger partial charge in [0.15, 0.2) is 0 Å². The van der Waals surface area contributed by atoms with Crippen LogP contribution in [0.5, 0.6) is 0 Å². The van der Waals surface area contributed by atoms with E-state index in [4.69, 9.17) is 4.74 Å². The largest absolute Gasteiger partial charge is 0.466 e. The van der Waals surface area contributed by atoms with Crippen molar-refractivity contribution in [3.05, 3.63) is 36.5 Å². The lowest BCUT2D eigenvalue weighted by Crippen LogP contribution is -2.45. The summed E-state index contributed by atoms with van der Waals surface area (Å²) in [4.78, 5) is 24.6. The Hall–Kier alpha value is -1.92. The fourth-order valence-electron chi connectivity index (χ4n) is 11.9. The quantitative estimate of drug-likeness (QED) is 0.0320. The maximum atomic E-state index is 12.5. The minimum atomic E-state index is -0.661. The average Bonchev–Trinajstić information content (AvgIpc) is 3.49. The highest BCUT2D eigenvalue weighted by atomic mass is 16.5. The van der Waals surface area contributed by atoms with Crippen LogP contribution in [0, 0.1) is 0 Å². The number of allylic oxidation sites excluding steroid dienone is 6. The number of amides is 1. The monoisotopic (exact) mass is 1170 g/mol. The Morgan fingerprint density at radius 2 is 0.627 bits per heavy atom. The highest BCUT2D eigenvalue weighted by molar-refractivity contribution is 5.76. The van der Waals surface area contributed by atoms with E-state index in [9.17, 15) is 19.8 Å². The molecule has 1 amide bonds. The third kappa shape index (κ3) is 69.1. The van der Waals surface area contributed by atoms with Gasteiger partial charge >= 0.3 is 5.97 Å². The van der Waals surface area contributed by atoms with Crippen LogP contribution >= 0.6 is 0 Å². The van der Waals surface area contributed by atoms with E-state index in [0.717, 1.165) is 51.4 Å². The van der Waals surface area contributed by atoms with Crippen molar-refractivity contribution in [2.75, 3.05) is 13.2 Å². The van der Waals surface area contributed by atoms with Crippen LogP contribution < -0.4 is 5.32 Å². The molecule has 0 fully saturated rings. The Labute approximate surface area is 519 Å². The number of hydrogen-bond donors (Lipinski definition) is 3. The standard InChI is InChI=1S/C77H147NO5/c1-3-5-7-9-11-13-15-17-18-42-46-49-53-57-61-65-69-75(80)74(73-79)78-76(81)70-66-62-58-54-50-47-43-40-38-36-34-32-30-28-26-24-22-20-19-21-23-25-27-29-31-33-35-37-39-41-44-48-52-56-60-64-68-72-83-77(82)71-67-63-59-55-51-45-16-14-12-10-8-6-4-2/h8,10,14,16,19,21,74-75,79-80H,3-7,9,11-13,15,17-18,20,22-73H2,1-2H3,(H,78,81)/b10-8-,16-14-,21-19-. The normalized spacial score (nSPS) is 12.7. The predicted octanol–water partition coefficient (Wildman–Crippen LogP) is 24.7.